The van der Waals surface area contributed by atoms with E-state index in [0.717, 1.165) is 25.2 Å². The second-order valence-corrected chi connectivity index (χ2v) is 6.25. The van der Waals surface area contributed by atoms with E-state index in [4.69, 9.17) is 4.74 Å². The topological polar surface area (TPSA) is 66.9 Å². The Bertz CT molecular complexity index is 631. The number of hydrogen-bond donors (Lipinski definition) is 0. The molecule has 1 aromatic rings. The van der Waals surface area contributed by atoms with E-state index in [1.54, 1.807) is 17.0 Å². The number of ketones is 1. The van der Waals surface area contributed by atoms with Gasteiger partial charge in [0.15, 0.2) is 0 Å². The SMILES string of the molecule is COC(=O)[C@@H]1CCCN1C(=O)c1ccc(N2CCC(=O)CC2)cc1. The number of Topliss-reactive ketones (excluding diaryl/α,β-unsaturated/α-hetero) is 1. The molecule has 0 saturated carbocycles. The lowest BCUT2D eigenvalue weighted by Gasteiger charge is -2.28. The summed E-state index contributed by atoms with van der Waals surface area (Å²) < 4.78 is 4.79. The number of benzene rings is 1. The number of likely N-dealkylation sites (tertiary alicyclic amines) is 1. The van der Waals surface area contributed by atoms with Crippen LogP contribution in [0.25, 0.3) is 0 Å². The quantitative estimate of drug-likeness (QED) is 0.788. The normalized spacial score (nSPS) is 21.0. The van der Waals surface area contributed by atoms with Crippen LogP contribution in [-0.2, 0) is 14.3 Å². The summed E-state index contributed by atoms with van der Waals surface area (Å²) >= 11 is 0. The molecule has 0 spiro atoms. The first-order valence-corrected chi connectivity index (χ1v) is 8.35. The third-order valence-corrected chi connectivity index (χ3v) is 4.79. The van der Waals surface area contributed by atoms with Crippen LogP contribution in [0.15, 0.2) is 24.3 Å². The van der Waals surface area contributed by atoms with Gasteiger partial charge in [0.2, 0.25) is 0 Å². The molecule has 0 aliphatic carbocycles. The number of hydrogen-bond acceptors (Lipinski definition) is 5. The van der Waals surface area contributed by atoms with Gasteiger partial charge in [-0.25, -0.2) is 4.79 Å². The molecule has 24 heavy (non-hydrogen) atoms. The fourth-order valence-electron chi connectivity index (χ4n) is 3.39. The second-order valence-electron chi connectivity index (χ2n) is 6.25. The maximum absolute atomic E-state index is 12.7. The van der Waals surface area contributed by atoms with Crippen LogP contribution < -0.4 is 4.90 Å². The van der Waals surface area contributed by atoms with Gasteiger partial charge in [0.05, 0.1) is 7.11 Å². The Balaban J connectivity index is 1.70. The zero-order chi connectivity index (χ0) is 17.1. The zero-order valence-corrected chi connectivity index (χ0v) is 13.9. The van der Waals surface area contributed by atoms with Crippen molar-refractivity contribution >= 4 is 23.3 Å². The van der Waals surface area contributed by atoms with Gasteiger partial charge >= 0.3 is 5.97 Å². The van der Waals surface area contributed by atoms with Crippen LogP contribution in [0.4, 0.5) is 5.69 Å². The summed E-state index contributed by atoms with van der Waals surface area (Å²) in [5.74, 6) is -0.181. The lowest BCUT2D eigenvalue weighted by Crippen LogP contribution is -2.41. The molecular weight excluding hydrogens is 308 g/mol. The number of carbonyl (C=O) groups is 3. The van der Waals surface area contributed by atoms with Crippen LogP contribution in [0, 0.1) is 0 Å². The van der Waals surface area contributed by atoms with Crippen LogP contribution in [0.3, 0.4) is 0 Å². The van der Waals surface area contributed by atoms with Crippen molar-refractivity contribution in [3.63, 3.8) is 0 Å². The number of esters is 1. The van der Waals surface area contributed by atoms with Crippen molar-refractivity contribution in [2.24, 2.45) is 0 Å². The van der Waals surface area contributed by atoms with Gasteiger partial charge in [-0.15, -0.1) is 0 Å². The molecule has 1 amide bonds. The van der Waals surface area contributed by atoms with E-state index in [9.17, 15) is 14.4 Å². The van der Waals surface area contributed by atoms with Gasteiger partial charge in [-0.1, -0.05) is 0 Å². The van der Waals surface area contributed by atoms with E-state index in [1.165, 1.54) is 7.11 Å². The van der Waals surface area contributed by atoms with E-state index < -0.39 is 6.04 Å². The van der Waals surface area contributed by atoms with Crippen molar-refractivity contribution in [2.45, 2.75) is 31.7 Å². The molecule has 6 heteroatoms. The molecule has 3 rings (SSSR count). The number of methoxy groups -OCH3 is 1. The number of ether oxygens (including phenoxy) is 1. The summed E-state index contributed by atoms with van der Waals surface area (Å²) in [5.41, 5.74) is 1.59. The molecule has 0 bridgehead atoms. The Kier molecular flexibility index (Phi) is 4.83. The van der Waals surface area contributed by atoms with E-state index >= 15 is 0 Å². The van der Waals surface area contributed by atoms with Crippen LogP contribution in [0.5, 0.6) is 0 Å². The maximum atomic E-state index is 12.7. The predicted molar refractivity (Wildman–Crippen MR) is 89.0 cm³/mol. The summed E-state index contributed by atoms with van der Waals surface area (Å²) in [7, 11) is 1.35. The number of anilines is 1. The van der Waals surface area contributed by atoms with Crippen LogP contribution in [0.1, 0.15) is 36.0 Å². The first kappa shape index (κ1) is 16.5. The fourth-order valence-corrected chi connectivity index (χ4v) is 3.39. The standard InChI is InChI=1S/C18H22N2O4/c1-24-18(23)16-3-2-10-20(16)17(22)13-4-6-14(7-5-13)19-11-8-15(21)9-12-19/h4-7,16H,2-3,8-12H2,1H3/t16-/m0/s1. The number of amides is 1. The zero-order valence-electron chi connectivity index (χ0n) is 13.9. The van der Waals surface area contributed by atoms with Gasteiger partial charge in [0, 0.05) is 43.7 Å². The number of rotatable bonds is 3. The average Bonchev–Trinajstić information content (AvgIpc) is 3.11. The number of nitrogens with zero attached hydrogens (tertiary/aromatic N) is 2. The average molecular weight is 330 g/mol. The highest BCUT2D eigenvalue weighted by molar-refractivity contribution is 5.97. The molecule has 0 aromatic heterocycles. The highest BCUT2D eigenvalue weighted by Crippen LogP contribution is 2.23. The number of piperidine rings is 1. The fraction of sp³-hybridized carbons (Fsp3) is 0.500. The van der Waals surface area contributed by atoms with Crippen molar-refractivity contribution in [1.29, 1.82) is 0 Å². The molecular formula is C18H22N2O4. The minimum atomic E-state index is -0.477. The molecule has 0 radical (unpaired) electrons. The Labute approximate surface area is 141 Å². The molecule has 1 atom stereocenters. The lowest BCUT2D eigenvalue weighted by atomic mass is 10.1. The third-order valence-electron chi connectivity index (χ3n) is 4.79. The predicted octanol–water partition coefficient (Wildman–Crippen LogP) is 1.63. The Morgan fingerprint density at radius 2 is 1.75 bits per heavy atom. The first-order chi connectivity index (χ1) is 11.6. The van der Waals surface area contributed by atoms with Crippen molar-refractivity contribution < 1.29 is 19.1 Å². The highest BCUT2D eigenvalue weighted by Gasteiger charge is 2.35. The van der Waals surface area contributed by atoms with E-state index in [0.29, 0.717) is 37.2 Å². The molecule has 0 N–H and O–H groups in total. The molecule has 0 unspecified atom stereocenters. The Morgan fingerprint density at radius 1 is 1.08 bits per heavy atom. The van der Waals surface area contributed by atoms with Gasteiger partial charge in [0.25, 0.3) is 5.91 Å². The van der Waals surface area contributed by atoms with Crippen molar-refractivity contribution in [3.8, 4) is 0 Å². The van der Waals surface area contributed by atoms with Crippen LogP contribution in [0.2, 0.25) is 0 Å². The maximum Gasteiger partial charge on any atom is 0.328 e. The minimum Gasteiger partial charge on any atom is -0.467 e. The first-order valence-electron chi connectivity index (χ1n) is 8.35. The smallest absolute Gasteiger partial charge is 0.328 e. The van der Waals surface area contributed by atoms with Gasteiger partial charge in [-0.3, -0.25) is 9.59 Å². The summed E-state index contributed by atoms with van der Waals surface area (Å²) in [6.45, 7) is 2.03. The van der Waals surface area contributed by atoms with Crippen molar-refractivity contribution in [3.05, 3.63) is 29.8 Å². The minimum absolute atomic E-state index is 0.136. The summed E-state index contributed by atoms with van der Waals surface area (Å²) in [6, 6.07) is 6.93. The van der Waals surface area contributed by atoms with Gasteiger partial charge in [-0.2, -0.15) is 0 Å². The van der Waals surface area contributed by atoms with E-state index in [-0.39, 0.29) is 11.9 Å². The van der Waals surface area contributed by atoms with Gasteiger partial charge < -0.3 is 14.5 Å². The monoisotopic (exact) mass is 330 g/mol. The summed E-state index contributed by atoms with van der Waals surface area (Å²) in [4.78, 5) is 39.5. The molecule has 2 fully saturated rings. The van der Waals surface area contributed by atoms with Gasteiger partial charge in [0.1, 0.15) is 11.8 Å². The van der Waals surface area contributed by atoms with Crippen molar-refractivity contribution in [1.82, 2.24) is 4.90 Å². The summed E-state index contributed by atoms with van der Waals surface area (Å²) in [5, 5.41) is 0. The lowest BCUT2D eigenvalue weighted by molar-refractivity contribution is -0.145. The Hall–Kier alpha value is -2.37. The molecule has 128 valence electrons. The number of carbonyl (C=O) groups excluding carboxylic acids is 3. The van der Waals surface area contributed by atoms with Crippen LogP contribution in [-0.4, -0.2) is 55.3 Å². The highest BCUT2D eigenvalue weighted by atomic mass is 16.5. The Morgan fingerprint density at radius 3 is 2.38 bits per heavy atom. The summed E-state index contributed by atoms with van der Waals surface area (Å²) in [6.07, 6.45) is 2.62. The van der Waals surface area contributed by atoms with Crippen molar-refractivity contribution in [2.75, 3.05) is 31.6 Å². The van der Waals surface area contributed by atoms with Crippen LogP contribution >= 0.6 is 0 Å². The van der Waals surface area contributed by atoms with E-state index in [2.05, 4.69) is 4.90 Å². The molecule has 2 saturated heterocycles. The molecule has 2 aliphatic rings. The largest absolute Gasteiger partial charge is 0.467 e. The molecule has 2 heterocycles. The molecule has 1 aromatic carbocycles. The molecule has 2 aliphatic heterocycles. The second kappa shape index (κ2) is 7.03. The van der Waals surface area contributed by atoms with Gasteiger partial charge in [-0.05, 0) is 37.1 Å². The molecule has 6 nitrogen and oxygen atoms in total. The van der Waals surface area contributed by atoms with E-state index in [1.807, 2.05) is 12.1 Å². The third kappa shape index (κ3) is 3.27.